The van der Waals surface area contributed by atoms with Crippen molar-refractivity contribution in [2.45, 2.75) is 56.0 Å². The lowest BCUT2D eigenvalue weighted by atomic mass is 10.2. The standard InChI is InChI=1S/C21H27F2N5O4S2/c1-13(16-11-31-21(2,3)32-16)24-17-10-18(27-34(29,30)28-8-5-9-28)26-20(25-17)33-12-14-6-4-7-15(22)19(14)23/h4,6-7,10,13,16H,5,8-9,11-12H2,1-3H3,(H2,24,25,26,27)/t13-,16+/m0/s1. The highest BCUT2D eigenvalue weighted by atomic mass is 32.2. The first-order chi connectivity index (χ1) is 16.0. The summed E-state index contributed by atoms with van der Waals surface area (Å²) >= 11 is 1.06. The molecular formula is C21H27F2N5O4S2. The normalized spacial score (nSPS) is 21.1. The summed E-state index contributed by atoms with van der Waals surface area (Å²) in [6.07, 6.45) is 0.554. The smallest absolute Gasteiger partial charge is 0.302 e. The van der Waals surface area contributed by atoms with Crippen LogP contribution in [0.5, 0.6) is 0 Å². The lowest BCUT2D eigenvalue weighted by Crippen LogP contribution is -2.45. The highest BCUT2D eigenvalue weighted by Crippen LogP contribution is 2.28. The van der Waals surface area contributed by atoms with Gasteiger partial charge in [0.2, 0.25) is 0 Å². The van der Waals surface area contributed by atoms with Crippen LogP contribution in [0.4, 0.5) is 20.4 Å². The molecule has 3 heterocycles. The van der Waals surface area contributed by atoms with Crippen molar-refractivity contribution in [3.63, 3.8) is 0 Å². The van der Waals surface area contributed by atoms with Gasteiger partial charge >= 0.3 is 10.2 Å². The maximum Gasteiger partial charge on any atom is 0.302 e. The number of nitrogens with one attached hydrogen (secondary N) is 2. The van der Waals surface area contributed by atoms with Crippen LogP contribution in [-0.4, -0.2) is 60.3 Å². The Hall–Kier alpha value is -2.06. The summed E-state index contributed by atoms with van der Waals surface area (Å²) in [5.41, 5.74) is 0.154. The summed E-state index contributed by atoms with van der Waals surface area (Å²) in [6.45, 7) is 6.83. The molecule has 34 heavy (non-hydrogen) atoms. The molecule has 2 saturated heterocycles. The third kappa shape index (κ3) is 5.95. The van der Waals surface area contributed by atoms with E-state index in [0.717, 1.165) is 24.2 Å². The topological polar surface area (TPSA) is 106 Å². The molecule has 2 fully saturated rings. The number of benzene rings is 1. The van der Waals surface area contributed by atoms with Crippen LogP contribution in [0.25, 0.3) is 0 Å². The second kappa shape index (κ2) is 9.90. The van der Waals surface area contributed by atoms with Gasteiger partial charge in [-0.15, -0.1) is 0 Å². The van der Waals surface area contributed by atoms with Crippen molar-refractivity contribution in [1.82, 2.24) is 14.3 Å². The third-order valence-corrected chi connectivity index (χ3v) is 7.85. The minimum atomic E-state index is -3.75. The monoisotopic (exact) mass is 515 g/mol. The molecule has 1 aromatic heterocycles. The Kier molecular flexibility index (Phi) is 7.29. The average molecular weight is 516 g/mol. The zero-order valence-electron chi connectivity index (χ0n) is 19.0. The fraction of sp³-hybridized carbons (Fsp3) is 0.524. The molecule has 2 aromatic rings. The number of anilines is 2. The average Bonchev–Trinajstić information content (AvgIpc) is 3.07. The molecule has 13 heteroatoms. The van der Waals surface area contributed by atoms with Gasteiger partial charge in [-0.2, -0.15) is 12.7 Å². The predicted octanol–water partition coefficient (Wildman–Crippen LogP) is 3.36. The Labute approximate surface area is 201 Å². The van der Waals surface area contributed by atoms with Crippen molar-refractivity contribution in [3.8, 4) is 0 Å². The van der Waals surface area contributed by atoms with E-state index in [1.165, 1.54) is 22.5 Å². The molecule has 0 bridgehead atoms. The van der Waals surface area contributed by atoms with Crippen molar-refractivity contribution >= 4 is 33.6 Å². The highest BCUT2D eigenvalue weighted by Gasteiger charge is 2.36. The summed E-state index contributed by atoms with van der Waals surface area (Å²) in [4.78, 5) is 8.71. The Balaban J connectivity index is 1.54. The maximum absolute atomic E-state index is 14.1. The predicted molar refractivity (Wildman–Crippen MR) is 125 cm³/mol. The quantitative estimate of drug-likeness (QED) is 0.387. The van der Waals surface area contributed by atoms with Gasteiger partial charge in [0.05, 0.1) is 12.6 Å². The molecule has 2 aliphatic heterocycles. The molecular weight excluding hydrogens is 488 g/mol. The zero-order chi connectivity index (χ0) is 24.5. The fourth-order valence-corrected chi connectivity index (χ4v) is 5.50. The Bertz CT molecular complexity index is 1150. The van der Waals surface area contributed by atoms with Gasteiger partial charge in [-0.3, -0.25) is 4.72 Å². The number of aromatic nitrogens is 2. The van der Waals surface area contributed by atoms with Crippen molar-refractivity contribution < 1.29 is 26.7 Å². The molecule has 186 valence electrons. The summed E-state index contributed by atoms with van der Waals surface area (Å²) in [6, 6.07) is 5.22. The van der Waals surface area contributed by atoms with Crippen LogP contribution in [0.3, 0.4) is 0 Å². The van der Waals surface area contributed by atoms with Gasteiger partial charge in [-0.25, -0.2) is 18.7 Å². The van der Waals surface area contributed by atoms with E-state index in [9.17, 15) is 17.2 Å². The van der Waals surface area contributed by atoms with Crippen LogP contribution in [0, 0.1) is 11.6 Å². The van der Waals surface area contributed by atoms with Gasteiger partial charge in [-0.05, 0) is 33.3 Å². The first-order valence-electron chi connectivity index (χ1n) is 10.8. The van der Waals surface area contributed by atoms with Crippen LogP contribution in [0.1, 0.15) is 32.8 Å². The molecule has 0 radical (unpaired) electrons. The van der Waals surface area contributed by atoms with Gasteiger partial charge < -0.3 is 14.8 Å². The minimum absolute atomic E-state index is 0.0642. The van der Waals surface area contributed by atoms with Crippen LogP contribution in [-0.2, 0) is 25.4 Å². The van der Waals surface area contributed by atoms with E-state index >= 15 is 0 Å². The molecule has 9 nitrogen and oxygen atoms in total. The first kappa shape index (κ1) is 25.0. The van der Waals surface area contributed by atoms with Crippen molar-refractivity contribution in [1.29, 1.82) is 0 Å². The number of nitrogens with zero attached hydrogens (tertiary/aromatic N) is 3. The molecule has 1 aromatic carbocycles. The molecule has 2 aliphatic rings. The number of hydrogen-bond donors (Lipinski definition) is 2. The van der Waals surface area contributed by atoms with E-state index in [1.54, 1.807) is 0 Å². The van der Waals surface area contributed by atoms with Gasteiger partial charge in [0, 0.05) is 30.5 Å². The minimum Gasteiger partial charge on any atom is -0.365 e. The van der Waals surface area contributed by atoms with Crippen molar-refractivity contribution in [3.05, 3.63) is 41.5 Å². The molecule has 2 atom stereocenters. The van der Waals surface area contributed by atoms with E-state index in [0.29, 0.717) is 25.5 Å². The summed E-state index contributed by atoms with van der Waals surface area (Å²) in [5.74, 6) is -2.07. The zero-order valence-corrected chi connectivity index (χ0v) is 20.7. The Morgan fingerprint density at radius 2 is 2.00 bits per heavy atom. The van der Waals surface area contributed by atoms with Crippen molar-refractivity contribution in [2.75, 3.05) is 29.7 Å². The van der Waals surface area contributed by atoms with E-state index in [2.05, 4.69) is 20.0 Å². The van der Waals surface area contributed by atoms with Gasteiger partial charge in [0.25, 0.3) is 0 Å². The van der Waals surface area contributed by atoms with Crippen LogP contribution in [0.15, 0.2) is 29.4 Å². The van der Waals surface area contributed by atoms with Crippen LogP contribution < -0.4 is 10.0 Å². The fourth-order valence-electron chi connectivity index (χ4n) is 3.43. The van der Waals surface area contributed by atoms with Crippen LogP contribution in [0.2, 0.25) is 0 Å². The molecule has 2 N–H and O–H groups in total. The van der Waals surface area contributed by atoms with E-state index in [-0.39, 0.29) is 34.4 Å². The summed E-state index contributed by atoms with van der Waals surface area (Å²) in [7, 11) is -3.75. The third-order valence-electron chi connectivity index (χ3n) is 5.45. The van der Waals surface area contributed by atoms with Gasteiger partial charge in [0.15, 0.2) is 22.6 Å². The first-order valence-corrected chi connectivity index (χ1v) is 13.3. The molecule has 0 saturated carbocycles. The highest BCUT2D eigenvalue weighted by molar-refractivity contribution is 7.98. The number of rotatable bonds is 9. The molecule has 0 aliphatic carbocycles. The number of halogens is 2. The van der Waals surface area contributed by atoms with E-state index < -0.39 is 27.6 Å². The second-order valence-corrected chi connectivity index (χ2v) is 11.2. The maximum atomic E-state index is 14.1. The van der Waals surface area contributed by atoms with Gasteiger partial charge in [-0.1, -0.05) is 23.9 Å². The second-order valence-electron chi connectivity index (χ2n) is 8.58. The number of hydrogen-bond acceptors (Lipinski definition) is 8. The van der Waals surface area contributed by atoms with Gasteiger partial charge in [0.1, 0.15) is 17.7 Å². The summed E-state index contributed by atoms with van der Waals surface area (Å²) in [5, 5.41) is 3.41. The van der Waals surface area contributed by atoms with Crippen molar-refractivity contribution in [2.24, 2.45) is 0 Å². The number of thioether (sulfide) groups is 1. The molecule has 0 spiro atoms. The molecule has 4 rings (SSSR count). The van der Waals surface area contributed by atoms with E-state index in [4.69, 9.17) is 9.47 Å². The molecule has 0 amide bonds. The van der Waals surface area contributed by atoms with Crippen LogP contribution >= 0.6 is 11.8 Å². The van der Waals surface area contributed by atoms with E-state index in [1.807, 2.05) is 20.8 Å². The SMILES string of the molecule is C[C@H](Nc1cc(NS(=O)(=O)N2CCC2)nc(SCc2cccc(F)c2F)n1)[C@H]1COC(C)(C)O1. The summed E-state index contributed by atoms with van der Waals surface area (Å²) < 4.78 is 68.0. The Morgan fingerprint density at radius 1 is 1.26 bits per heavy atom. The Morgan fingerprint density at radius 3 is 2.65 bits per heavy atom. The number of ether oxygens (including phenoxy) is 2. The largest absolute Gasteiger partial charge is 0.365 e. The lowest BCUT2D eigenvalue weighted by molar-refractivity contribution is -0.139. The lowest BCUT2D eigenvalue weighted by Gasteiger charge is -2.29. The molecule has 0 unspecified atom stereocenters.